The number of benzene rings is 3. The summed E-state index contributed by atoms with van der Waals surface area (Å²) in [5.74, 6) is -0.301. The minimum atomic E-state index is -4.30. The molecule has 3 aromatic carbocycles. The van der Waals surface area contributed by atoms with Crippen molar-refractivity contribution in [3.05, 3.63) is 82.9 Å². The molecule has 11 heteroatoms. The van der Waals surface area contributed by atoms with Gasteiger partial charge in [0, 0.05) is 23.7 Å². The molecule has 0 fully saturated rings. The second-order valence-electron chi connectivity index (χ2n) is 9.95. The van der Waals surface area contributed by atoms with Gasteiger partial charge in [-0.3, -0.25) is 13.9 Å². The number of nitrogens with zero attached hydrogens (tertiary/aromatic N) is 2. The van der Waals surface area contributed by atoms with Gasteiger partial charge in [0.1, 0.15) is 12.6 Å². The predicted octanol–water partition coefficient (Wildman–Crippen LogP) is 5.19. The summed E-state index contributed by atoms with van der Waals surface area (Å²) < 4.78 is 39.8. The lowest BCUT2D eigenvalue weighted by atomic mass is 10.1. The predicted molar refractivity (Wildman–Crippen MR) is 165 cm³/mol. The summed E-state index contributed by atoms with van der Waals surface area (Å²) in [5, 5.41) is 3.34. The summed E-state index contributed by atoms with van der Waals surface area (Å²) in [6, 6.07) is 16.9. The van der Waals surface area contributed by atoms with Gasteiger partial charge in [-0.25, -0.2) is 8.42 Å². The molecular formula is C31H38ClN3O6S. The number of aryl methyl sites for hydroxylation is 1. The molecule has 0 aliphatic heterocycles. The summed E-state index contributed by atoms with van der Waals surface area (Å²) >= 11 is 6.09. The standard InChI is InChI=1S/C31H38ClN3O6S/c1-7-22(3)33-31(37)23(4)34(19-24-11-9-8-10-21(24)2)30(36)20-35(26-14-12-25(32)13-15-26)42(38,39)27-16-17-28(40-5)29(18-27)41-6/h8-18,22-23H,7,19-20H2,1-6H3,(H,33,37)/t22-,23-/m0/s1. The smallest absolute Gasteiger partial charge is 0.264 e. The van der Waals surface area contributed by atoms with Gasteiger partial charge >= 0.3 is 0 Å². The zero-order valence-corrected chi connectivity index (χ0v) is 26.3. The van der Waals surface area contributed by atoms with Crippen molar-refractivity contribution in [3.8, 4) is 11.5 Å². The van der Waals surface area contributed by atoms with Crippen LogP contribution in [0.2, 0.25) is 5.02 Å². The summed E-state index contributed by atoms with van der Waals surface area (Å²) in [4.78, 5) is 28.6. The molecule has 2 amide bonds. The SMILES string of the molecule is CC[C@H](C)NC(=O)[C@H](C)N(Cc1ccccc1C)C(=O)CN(c1ccc(Cl)cc1)S(=O)(=O)c1ccc(OC)c(OC)c1. The highest BCUT2D eigenvalue weighted by atomic mass is 35.5. The Bertz CT molecular complexity index is 1500. The molecule has 3 rings (SSSR count). The Morgan fingerprint density at radius 1 is 0.952 bits per heavy atom. The minimum Gasteiger partial charge on any atom is -0.493 e. The molecule has 226 valence electrons. The van der Waals surface area contributed by atoms with Crippen molar-refractivity contribution < 1.29 is 27.5 Å². The Labute approximate surface area is 253 Å². The van der Waals surface area contributed by atoms with Crippen LogP contribution >= 0.6 is 11.6 Å². The maximum Gasteiger partial charge on any atom is 0.264 e. The zero-order chi connectivity index (χ0) is 31.0. The molecule has 2 atom stereocenters. The monoisotopic (exact) mass is 615 g/mol. The number of anilines is 1. The van der Waals surface area contributed by atoms with Crippen molar-refractivity contribution in [1.29, 1.82) is 0 Å². The maximum absolute atomic E-state index is 14.1. The molecule has 42 heavy (non-hydrogen) atoms. The number of hydrogen-bond donors (Lipinski definition) is 1. The first-order valence-electron chi connectivity index (χ1n) is 13.6. The molecular weight excluding hydrogens is 578 g/mol. The molecule has 0 radical (unpaired) electrons. The highest BCUT2D eigenvalue weighted by Crippen LogP contribution is 2.32. The molecule has 0 spiro atoms. The van der Waals surface area contributed by atoms with E-state index in [2.05, 4.69) is 5.32 Å². The molecule has 0 saturated carbocycles. The van der Waals surface area contributed by atoms with E-state index in [1.807, 2.05) is 45.0 Å². The second kappa shape index (κ2) is 14.4. The van der Waals surface area contributed by atoms with E-state index in [0.29, 0.717) is 10.8 Å². The van der Waals surface area contributed by atoms with Crippen LogP contribution in [0.15, 0.2) is 71.6 Å². The van der Waals surface area contributed by atoms with E-state index in [1.54, 1.807) is 19.1 Å². The van der Waals surface area contributed by atoms with Crippen LogP contribution in [-0.4, -0.2) is 58.0 Å². The maximum atomic E-state index is 14.1. The minimum absolute atomic E-state index is 0.0913. The normalized spacial score (nSPS) is 12.6. The highest BCUT2D eigenvalue weighted by molar-refractivity contribution is 7.92. The highest BCUT2D eigenvalue weighted by Gasteiger charge is 2.33. The van der Waals surface area contributed by atoms with E-state index < -0.39 is 28.5 Å². The molecule has 0 aliphatic carbocycles. The van der Waals surface area contributed by atoms with Crippen molar-refractivity contribution in [3.63, 3.8) is 0 Å². The topological polar surface area (TPSA) is 105 Å². The fourth-order valence-corrected chi connectivity index (χ4v) is 5.82. The Kier molecular flexibility index (Phi) is 11.2. The lowest BCUT2D eigenvalue weighted by Gasteiger charge is -2.32. The van der Waals surface area contributed by atoms with Gasteiger partial charge in [-0.2, -0.15) is 0 Å². The third-order valence-electron chi connectivity index (χ3n) is 7.11. The Morgan fingerprint density at radius 2 is 1.60 bits per heavy atom. The van der Waals surface area contributed by atoms with Gasteiger partial charge in [0.25, 0.3) is 10.0 Å². The van der Waals surface area contributed by atoms with Gasteiger partial charge in [0.05, 0.1) is 24.8 Å². The van der Waals surface area contributed by atoms with E-state index in [1.165, 1.54) is 49.5 Å². The van der Waals surface area contributed by atoms with Crippen LogP contribution < -0.4 is 19.1 Å². The fourth-order valence-electron chi connectivity index (χ4n) is 4.26. The molecule has 9 nitrogen and oxygen atoms in total. The molecule has 1 N–H and O–H groups in total. The number of ether oxygens (including phenoxy) is 2. The molecule has 0 aromatic heterocycles. The first-order valence-corrected chi connectivity index (χ1v) is 15.4. The lowest BCUT2D eigenvalue weighted by molar-refractivity contribution is -0.139. The number of hydrogen-bond acceptors (Lipinski definition) is 6. The van der Waals surface area contributed by atoms with E-state index in [4.69, 9.17) is 21.1 Å². The number of rotatable bonds is 13. The van der Waals surface area contributed by atoms with Crippen molar-refractivity contribution in [2.75, 3.05) is 25.1 Å². The average molecular weight is 616 g/mol. The number of amides is 2. The number of carbonyl (C=O) groups excluding carboxylic acids is 2. The summed E-state index contributed by atoms with van der Waals surface area (Å²) in [6.45, 7) is 6.95. The summed E-state index contributed by atoms with van der Waals surface area (Å²) in [5.41, 5.74) is 2.02. The van der Waals surface area contributed by atoms with E-state index in [-0.39, 0.29) is 34.8 Å². The summed E-state index contributed by atoms with van der Waals surface area (Å²) in [6.07, 6.45) is 0.720. The van der Waals surface area contributed by atoms with Gasteiger partial charge in [0.2, 0.25) is 11.8 Å². The number of methoxy groups -OCH3 is 2. The molecule has 0 unspecified atom stereocenters. The Balaban J connectivity index is 2.07. The van der Waals surface area contributed by atoms with Crippen LogP contribution in [0.4, 0.5) is 5.69 Å². The largest absolute Gasteiger partial charge is 0.493 e. The Hall–Kier alpha value is -3.76. The molecule has 0 bridgehead atoms. The van der Waals surface area contributed by atoms with Crippen LogP contribution in [-0.2, 0) is 26.2 Å². The quantitative estimate of drug-likeness (QED) is 0.284. The van der Waals surface area contributed by atoms with E-state index in [0.717, 1.165) is 21.9 Å². The van der Waals surface area contributed by atoms with Gasteiger partial charge in [0.15, 0.2) is 11.5 Å². The van der Waals surface area contributed by atoms with Crippen molar-refractivity contribution in [2.24, 2.45) is 0 Å². The van der Waals surface area contributed by atoms with Gasteiger partial charge in [-0.1, -0.05) is 42.8 Å². The number of sulfonamides is 1. The Morgan fingerprint density at radius 3 is 2.19 bits per heavy atom. The van der Waals surface area contributed by atoms with Crippen molar-refractivity contribution in [1.82, 2.24) is 10.2 Å². The first kappa shape index (κ1) is 32.8. The third kappa shape index (κ3) is 7.74. The molecule has 0 heterocycles. The fraction of sp³-hybridized carbons (Fsp3) is 0.355. The van der Waals surface area contributed by atoms with Crippen molar-refractivity contribution in [2.45, 2.75) is 57.6 Å². The molecule has 0 aliphatic rings. The number of nitrogens with one attached hydrogen (secondary N) is 1. The van der Waals surface area contributed by atoms with Crippen LogP contribution in [0.3, 0.4) is 0 Å². The second-order valence-corrected chi connectivity index (χ2v) is 12.2. The van der Waals surface area contributed by atoms with E-state index >= 15 is 0 Å². The first-order chi connectivity index (χ1) is 19.9. The van der Waals surface area contributed by atoms with Crippen LogP contribution in [0.1, 0.15) is 38.3 Å². The summed E-state index contributed by atoms with van der Waals surface area (Å²) in [7, 11) is -1.44. The molecule has 0 saturated heterocycles. The average Bonchev–Trinajstić information content (AvgIpc) is 2.98. The number of carbonyl (C=O) groups is 2. The molecule has 3 aromatic rings. The van der Waals surface area contributed by atoms with Gasteiger partial charge in [-0.15, -0.1) is 0 Å². The van der Waals surface area contributed by atoms with E-state index in [9.17, 15) is 18.0 Å². The third-order valence-corrected chi connectivity index (χ3v) is 9.13. The zero-order valence-electron chi connectivity index (χ0n) is 24.8. The van der Waals surface area contributed by atoms with Crippen LogP contribution in [0.5, 0.6) is 11.5 Å². The van der Waals surface area contributed by atoms with Crippen LogP contribution in [0.25, 0.3) is 0 Å². The van der Waals surface area contributed by atoms with Gasteiger partial charge < -0.3 is 19.7 Å². The van der Waals surface area contributed by atoms with Crippen molar-refractivity contribution >= 4 is 39.1 Å². The van der Waals surface area contributed by atoms with Gasteiger partial charge in [-0.05, 0) is 74.7 Å². The van der Waals surface area contributed by atoms with Crippen LogP contribution in [0, 0.1) is 6.92 Å². The number of halogens is 1. The lowest BCUT2D eigenvalue weighted by Crippen LogP contribution is -2.52.